The van der Waals surface area contributed by atoms with Gasteiger partial charge in [0, 0.05) is 17.7 Å². The Labute approximate surface area is 127 Å². The molecular weight excluding hydrogens is 280 g/mol. The Morgan fingerprint density at radius 3 is 2.57 bits per heavy atom. The van der Waals surface area contributed by atoms with Gasteiger partial charge in [-0.25, -0.2) is 0 Å². The summed E-state index contributed by atoms with van der Waals surface area (Å²) in [5.41, 5.74) is 2.76. The van der Waals surface area contributed by atoms with Crippen LogP contribution in [0.15, 0.2) is 47.3 Å². The molecule has 21 heavy (non-hydrogen) atoms. The van der Waals surface area contributed by atoms with Gasteiger partial charge in [0.05, 0.1) is 0 Å². The highest BCUT2D eigenvalue weighted by atomic mass is 32.1. The Hall–Kier alpha value is -2.20. The molecule has 0 saturated carbocycles. The second kappa shape index (κ2) is 5.66. The van der Waals surface area contributed by atoms with Gasteiger partial charge in [-0.1, -0.05) is 49.4 Å². The van der Waals surface area contributed by atoms with E-state index < -0.39 is 0 Å². The zero-order valence-corrected chi connectivity index (χ0v) is 12.6. The number of rotatable bonds is 3. The van der Waals surface area contributed by atoms with Crippen LogP contribution in [0.4, 0.5) is 0 Å². The second-order valence-corrected chi connectivity index (χ2v) is 5.49. The fraction of sp³-hybridized carbons (Fsp3) is 0.176. The minimum atomic E-state index is -0.0861. The maximum absolute atomic E-state index is 12.0. The van der Waals surface area contributed by atoms with Gasteiger partial charge >= 0.3 is 0 Å². The molecule has 1 aromatic heterocycles. The smallest absolute Gasteiger partial charge is 0.255 e. The molecule has 0 bridgehead atoms. The van der Waals surface area contributed by atoms with Crippen molar-refractivity contribution in [3.63, 3.8) is 0 Å². The van der Waals surface area contributed by atoms with Crippen LogP contribution in [-0.2, 0) is 12.8 Å². The first-order valence-electron chi connectivity index (χ1n) is 6.99. The van der Waals surface area contributed by atoms with E-state index in [9.17, 15) is 4.79 Å². The van der Waals surface area contributed by atoms with Gasteiger partial charge in [-0.2, -0.15) is 0 Å². The van der Waals surface area contributed by atoms with Crippen molar-refractivity contribution >= 4 is 23.0 Å². The van der Waals surface area contributed by atoms with Crippen LogP contribution >= 0.6 is 12.2 Å². The Morgan fingerprint density at radius 1 is 1.05 bits per heavy atom. The number of H-pyrrole nitrogens is 2. The average molecular weight is 296 g/mol. The van der Waals surface area contributed by atoms with Crippen LogP contribution < -0.4 is 5.56 Å². The molecule has 106 valence electrons. The lowest BCUT2D eigenvalue weighted by atomic mass is 10.0. The monoisotopic (exact) mass is 296 g/mol. The molecule has 0 fully saturated rings. The number of hydrogen-bond donors (Lipinski definition) is 2. The molecule has 0 aliphatic carbocycles. The van der Waals surface area contributed by atoms with Gasteiger partial charge in [-0.05, 0) is 35.0 Å². The summed E-state index contributed by atoms with van der Waals surface area (Å²) in [6, 6.07) is 14.6. The summed E-state index contributed by atoms with van der Waals surface area (Å²) in [6.45, 7) is 1.98. The van der Waals surface area contributed by atoms with Crippen molar-refractivity contribution in [1.82, 2.24) is 9.97 Å². The lowest BCUT2D eigenvalue weighted by Crippen LogP contribution is -2.17. The molecule has 1 heterocycles. The van der Waals surface area contributed by atoms with E-state index in [1.165, 1.54) is 16.3 Å². The van der Waals surface area contributed by atoms with Crippen LogP contribution in [0.3, 0.4) is 0 Å². The molecule has 0 aliphatic rings. The van der Waals surface area contributed by atoms with E-state index in [1.807, 2.05) is 19.1 Å². The van der Waals surface area contributed by atoms with Crippen molar-refractivity contribution in [2.45, 2.75) is 19.8 Å². The van der Waals surface area contributed by atoms with Crippen LogP contribution in [-0.4, -0.2) is 9.97 Å². The topological polar surface area (TPSA) is 48.6 Å². The normalized spacial score (nSPS) is 10.9. The number of nitrogens with one attached hydrogen (secondary N) is 2. The zero-order chi connectivity index (χ0) is 14.8. The van der Waals surface area contributed by atoms with E-state index in [1.54, 1.807) is 0 Å². The quantitative estimate of drug-likeness (QED) is 0.723. The summed E-state index contributed by atoms with van der Waals surface area (Å²) >= 11 is 5.08. The summed E-state index contributed by atoms with van der Waals surface area (Å²) < 4.78 is 0.382. The first-order valence-corrected chi connectivity index (χ1v) is 7.40. The third kappa shape index (κ3) is 2.81. The molecular formula is C17H16N2OS. The predicted octanol–water partition coefficient (Wildman–Crippen LogP) is 3.74. The molecule has 0 unspecified atom stereocenters. The van der Waals surface area contributed by atoms with Gasteiger partial charge in [0.2, 0.25) is 0 Å². The summed E-state index contributed by atoms with van der Waals surface area (Å²) in [7, 11) is 0. The molecule has 2 aromatic carbocycles. The Kier molecular flexibility index (Phi) is 3.71. The molecule has 0 amide bonds. The van der Waals surface area contributed by atoms with Crippen molar-refractivity contribution in [2.75, 3.05) is 0 Å². The van der Waals surface area contributed by atoms with E-state index in [0.717, 1.165) is 11.3 Å². The number of hydrogen-bond acceptors (Lipinski definition) is 2. The molecule has 3 rings (SSSR count). The van der Waals surface area contributed by atoms with Gasteiger partial charge in [0.1, 0.15) is 0 Å². The van der Waals surface area contributed by atoms with Crippen LogP contribution in [0.5, 0.6) is 0 Å². The molecule has 4 heteroatoms. The summed E-state index contributed by atoms with van der Waals surface area (Å²) in [4.78, 5) is 17.7. The molecule has 0 aliphatic heterocycles. The lowest BCUT2D eigenvalue weighted by Gasteiger charge is -2.08. The summed E-state index contributed by atoms with van der Waals surface area (Å²) in [6.07, 6.45) is 1.37. The molecule has 0 atom stereocenters. The molecule has 2 N–H and O–H groups in total. The highest BCUT2D eigenvalue weighted by Crippen LogP contribution is 2.18. The van der Waals surface area contributed by atoms with E-state index in [0.29, 0.717) is 17.6 Å². The van der Waals surface area contributed by atoms with Gasteiger partial charge in [0.15, 0.2) is 4.77 Å². The zero-order valence-electron chi connectivity index (χ0n) is 11.8. The minimum Gasteiger partial charge on any atom is -0.335 e. The minimum absolute atomic E-state index is 0.0861. The molecule has 0 saturated heterocycles. The van der Waals surface area contributed by atoms with E-state index >= 15 is 0 Å². The first-order chi connectivity index (χ1) is 10.2. The van der Waals surface area contributed by atoms with E-state index in [2.05, 4.69) is 40.3 Å². The number of fused-ring (bicyclic) bond motifs is 1. The maximum atomic E-state index is 12.0. The van der Waals surface area contributed by atoms with Gasteiger partial charge in [-0.3, -0.25) is 9.78 Å². The highest BCUT2D eigenvalue weighted by Gasteiger charge is 2.07. The van der Waals surface area contributed by atoms with E-state index in [4.69, 9.17) is 12.2 Å². The van der Waals surface area contributed by atoms with Crippen molar-refractivity contribution in [3.05, 3.63) is 74.4 Å². The fourth-order valence-electron chi connectivity index (χ4n) is 2.64. The second-order valence-electron chi connectivity index (χ2n) is 5.08. The molecule has 0 radical (unpaired) electrons. The van der Waals surface area contributed by atoms with Crippen LogP contribution in [0.2, 0.25) is 0 Å². The standard InChI is InChI=1S/C17H16N2OS/c1-2-14-15(18-17(21)19-16(14)20)10-11-7-8-12-5-3-4-6-13(12)9-11/h3-9H,2,10H2,1H3,(H2,18,19,20,21). The largest absolute Gasteiger partial charge is 0.335 e. The third-order valence-electron chi connectivity index (χ3n) is 3.68. The fourth-order valence-corrected chi connectivity index (χ4v) is 2.85. The molecule has 3 nitrogen and oxygen atoms in total. The van der Waals surface area contributed by atoms with Gasteiger partial charge < -0.3 is 4.98 Å². The Balaban J connectivity index is 2.06. The summed E-state index contributed by atoms with van der Waals surface area (Å²) in [5, 5.41) is 2.42. The maximum Gasteiger partial charge on any atom is 0.255 e. The number of benzene rings is 2. The molecule has 3 aromatic rings. The third-order valence-corrected chi connectivity index (χ3v) is 3.88. The first kappa shape index (κ1) is 13.8. The summed E-state index contributed by atoms with van der Waals surface area (Å²) in [5.74, 6) is 0. The van der Waals surface area contributed by atoms with Gasteiger partial charge in [0.25, 0.3) is 5.56 Å². The van der Waals surface area contributed by atoms with E-state index in [-0.39, 0.29) is 5.56 Å². The number of aromatic amines is 2. The SMILES string of the molecule is CCc1c(Cc2ccc3ccccc3c2)[nH]c(=S)[nH]c1=O. The van der Waals surface area contributed by atoms with Crippen molar-refractivity contribution in [2.24, 2.45) is 0 Å². The van der Waals surface area contributed by atoms with Gasteiger partial charge in [-0.15, -0.1) is 0 Å². The van der Waals surface area contributed by atoms with Crippen LogP contribution in [0.1, 0.15) is 23.7 Å². The van der Waals surface area contributed by atoms with Crippen LogP contribution in [0, 0.1) is 4.77 Å². The number of aromatic nitrogens is 2. The highest BCUT2D eigenvalue weighted by molar-refractivity contribution is 7.71. The van der Waals surface area contributed by atoms with Crippen molar-refractivity contribution in [1.29, 1.82) is 0 Å². The Bertz CT molecular complexity index is 908. The Morgan fingerprint density at radius 2 is 1.81 bits per heavy atom. The lowest BCUT2D eigenvalue weighted by molar-refractivity contribution is 0.911. The van der Waals surface area contributed by atoms with Crippen molar-refractivity contribution in [3.8, 4) is 0 Å². The molecule has 0 spiro atoms. The van der Waals surface area contributed by atoms with Crippen LogP contribution in [0.25, 0.3) is 10.8 Å². The average Bonchev–Trinajstić information content (AvgIpc) is 2.47. The van der Waals surface area contributed by atoms with Crippen molar-refractivity contribution < 1.29 is 0 Å². The predicted molar refractivity (Wildman–Crippen MR) is 88.4 cm³/mol.